The monoisotopic (exact) mass is 288 g/mol. The molecule has 0 aliphatic rings. The van der Waals surface area contributed by atoms with E-state index in [4.69, 9.17) is 5.26 Å². The zero-order chi connectivity index (χ0) is 13.0. The summed E-state index contributed by atoms with van der Waals surface area (Å²) in [5.41, 5.74) is 0.623. The largest absolute Gasteiger partial charge is 0.192 e. The molecule has 1 aromatic carbocycles. The van der Waals surface area contributed by atoms with Crippen LogP contribution in [0, 0.1) is 22.7 Å². The maximum Gasteiger partial charge on any atom is 0.121 e. The molecule has 0 amide bonds. The molecule has 2 aromatic rings. The Morgan fingerprint density at radius 1 is 1.11 bits per heavy atom. The molecule has 18 heavy (non-hydrogen) atoms. The third-order valence-electron chi connectivity index (χ3n) is 2.19. The molecular weight excluding hydrogens is 280 g/mol. The van der Waals surface area contributed by atoms with E-state index in [0.717, 1.165) is 14.0 Å². The van der Waals surface area contributed by atoms with Gasteiger partial charge in [-0.2, -0.15) is 10.5 Å². The summed E-state index contributed by atoms with van der Waals surface area (Å²) in [6, 6.07) is 14.2. The Labute approximate surface area is 118 Å². The summed E-state index contributed by atoms with van der Waals surface area (Å²) in [6.45, 7) is 0. The standard InChI is InChI=1S/C13H8N2S3/c1-16-13-10(7-14)12(11(8-15)18-13)17-9-5-3-2-4-6-9/h2-6H,1H3. The fraction of sp³-hybridized carbons (Fsp3) is 0.0769. The van der Waals surface area contributed by atoms with Crippen LogP contribution in [0.3, 0.4) is 0 Å². The summed E-state index contributed by atoms with van der Waals surface area (Å²) in [4.78, 5) is 2.43. The van der Waals surface area contributed by atoms with Crippen molar-refractivity contribution >= 4 is 34.9 Å². The molecule has 1 aromatic heterocycles. The molecule has 0 atom stereocenters. The Morgan fingerprint density at radius 2 is 1.83 bits per heavy atom. The van der Waals surface area contributed by atoms with E-state index in [2.05, 4.69) is 12.1 Å². The van der Waals surface area contributed by atoms with Crippen molar-refractivity contribution in [3.8, 4) is 12.1 Å². The van der Waals surface area contributed by atoms with Crippen LogP contribution in [-0.2, 0) is 0 Å². The van der Waals surface area contributed by atoms with Gasteiger partial charge < -0.3 is 0 Å². The van der Waals surface area contributed by atoms with Crippen molar-refractivity contribution in [3.05, 3.63) is 40.8 Å². The van der Waals surface area contributed by atoms with Crippen LogP contribution in [-0.4, -0.2) is 6.26 Å². The molecule has 88 valence electrons. The van der Waals surface area contributed by atoms with E-state index in [1.165, 1.54) is 34.9 Å². The number of nitrogens with zero attached hydrogens (tertiary/aromatic N) is 2. The van der Waals surface area contributed by atoms with Crippen LogP contribution in [0.15, 0.2) is 44.3 Å². The van der Waals surface area contributed by atoms with E-state index in [-0.39, 0.29) is 0 Å². The minimum Gasteiger partial charge on any atom is -0.192 e. The lowest BCUT2D eigenvalue weighted by molar-refractivity contribution is 1.34. The van der Waals surface area contributed by atoms with Crippen LogP contribution in [0.5, 0.6) is 0 Å². The number of nitriles is 2. The smallest absolute Gasteiger partial charge is 0.121 e. The van der Waals surface area contributed by atoms with Crippen molar-refractivity contribution in [2.45, 2.75) is 14.0 Å². The Morgan fingerprint density at radius 3 is 2.39 bits per heavy atom. The topological polar surface area (TPSA) is 47.6 Å². The number of thiophene rings is 1. The van der Waals surface area contributed by atoms with E-state index in [0.29, 0.717) is 10.4 Å². The molecule has 2 rings (SSSR count). The van der Waals surface area contributed by atoms with Crippen molar-refractivity contribution in [2.24, 2.45) is 0 Å². The molecule has 0 N–H and O–H groups in total. The highest BCUT2D eigenvalue weighted by molar-refractivity contribution is 8.01. The minimum atomic E-state index is 0.616. The number of rotatable bonds is 3. The van der Waals surface area contributed by atoms with Gasteiger partial charge in [-0.15, -0.1) is 23.1 Å². The molecule has 0 aliphatic carbocycles. The average molecular weight is 288 g/mol. The first-order chi connectivity index (χ1) is 8.80. The van der Waals surface area contributed by atoms with Gasteiger partial charge in [-0.05, 0) is 18.4 Å². The van der Waals surface area contributed by atoms with Crippen molar-refractivity contribution in [1.29, 1.82) is 10.5 Å². The van der Waals surface area contributed by atoms with Crippen LogP contribution >= 0.6 is 34.9 Å². The lowest BCUT2D eigenvalue weighted by Crippen LogP contribution is -1.79. The predicted molar refractivity (Wildman–Crippen MR) is 76.1 cm³/mol. The van der Waals surface area contributed by atoms with Crippen LogP contribution in [0.25, 0.3) is 0 Å². The summed E-state index contributed by atoms with van der Waals surface area (Å²) in [5.74, 6) is 0. The average Bonchev–Trinajstić information content (AvgIpc) is 2.77. The molecule has 1 heterocycles. The van der Waals surface area contributed by atoms with Crippen LogP contribution in [0.4, 0.5) is 0 Å². The second-order valence-electron chi connectivity index (χ2n) is 3.27. The van der Waals surface area contributed by atoms with Gasteiger partial charge in [0.05, 0.1) is 14.7 Å². The van der Waals surface area contributed by atoms with Gasteiger partial charge in [-0.25, -0.2) is 0 Å². The van der Waals surface area contributed by atoms with Gasteiger partial charge in [0.25, 0.3) is 0 Å². The quantitative estimate of drug-likeness (QED) is 0.787. The third-order valence-corrected chi connectivity index (χ3v) is 5.66. The second-order valence-corrected chi connectivity index (χ2v) is 6.44. The molecule has 0 radical (unpaired) electrons. The molecule has 0 aliphatic heterocycles. The van der Waals surface area contributed by atoms with Gasteiger partial charge in [0, 0.05) is 4.90 Å². The lowest BCUT2D eigenvalue weighted by atomic mass is 10.3. The molecule has 0 unspecified atom stereocenters. The summed E-state index contributed by atoms with van der Waals surface area (Å²) in [5, 5.41) is 18.4. The van der Waals surface area contributed by atoms with Crippen LogP contribution < -0.4 is 0 Å². The molecule has 0 bridgehead atoms. The van der Waals surface area contributed by atoms with E-state index >= 15 is 0 Å². The first-order valence-electron chi connectivity index (χ1n) is 5.04. The highest BCUT2D eigenvalue weighted by Crippen LogP contribution is 2.42. The Balaban J connectivity index is 2.47. The van der Waals surface area contributed by atoms with Gasteiger partial charge in [0.1, 0.15) is 17.0 Å². The predicted octanol–water partition coefficient (Wildman–Crippen LogP) is 4.36. The van der Waals surface area contributed by atoms with Gasteiger partial charge >= 0.3 is 0 Å². The summed E-state index contributed by atoms with van der Waals surface area (Å²) in [7, 11) is 0. The number of hydrogen-bond donors (Lipinski definition) is 0. The van der Waals surface area contributed by atoms with E-state index in [1.54, 1.807) is 0 Å². The summed E-state index contributed by atoms with van der Waals surface area (Å²) < 4.78 is 0.910. The van der Waals surface area contributed by atoms with Crippen molar-refractivity contribution in [2.75, 3.05) is 6.26 Å². The van der Waals surface area contributed by atoms with Crippen molar-refractivity contribution in [1.82, 2.24) is 0 Å². The molecule has 0 spiro atoms. The van der Waals surface area contributed by atoms with Crippen LogP contribution in [0.1, 0.15) is 10.4 Å². The Bertz CT molecular complexity index is 633. The molecule has 0 saturated heterocycles. The van der Waals surface area contributed by atoms with Gasteiger partial charge in [-0.3, -0.25) is 0 Å². The number of thioether (sulfide) groups is 1. The van der Waals surface area contributed by atoms with E-state index in [9.17, 15) is 5.26 Å². The van der Waals surface area contributed by atoms with Gasteiger partial charge in [0.2, 0.25) is 0 Å². The maximum absolute atomic E-state index is 9.24. The summed E-state index contributed by atoms with van der Waals surface area (Å²) in [6.07, 6.45) is 1.92. The number of hydrogen-bond acceptors (Lipinski definition) is 5. The zero-order valence-corrected chi connectivity index (χ0v) is 12.0. The van der Waals surface area contributed by atoms with Gasteiger partial charge in [-0.1, -0.05) is 30.0 Å². The first kappa shape index (κ1) is 13.0. The van der Waals surface area contributed by atoms with Crippen molar-refractivity contribution in [3.63, 3.8) is 0 Å². The lowest BCUT2D eigenvalue weighted by Gasteiger charge is -2.00. The van der Waals surface area contributed by atoms with Crippen molar-refractivity contribution < 1.29 is 0 Å². The first-order valence-corrected chi connectivity index (χ1v) is 7.89. The maximum atomic E-state index is 9.24. The number of benzene rings is 1. The Kier molecular flexibility index (Phi) is 4.33. The fourth-order valence-corrected chi connectivity index (χ4v) is 4.32. The van der Waals surface area contributed by atoms with Gasteiger partial charge in [0.15, 0.2) is 0 Å². The van der Waals surface area contributed by atoms with E-state index in [1.807, 2.05) is 36.6 Å². The van der Waals surface area contributed by atoms with E-state index < -0.39 is 0 Å². The summed E-state index contributed by atoms with van der Waals surface area (Å²) >= 11 is 4.38. The second kappa shape index (κ2) is 5.97. The SMILES string of the molecule is CSc1sc(C#N)c(Sc2ccccc2)c1C#N. The minimum absolute atomic E-state index is 0.616. The van der Waals surface area contributed by atoms with Crippen LogP contribution in [0.2, 0.25) is 0 Å². The molecule has 0 fully saturated rings. The molecule has 5 heteroatoms. The molecule has 0 saturated carbocycles. The molecule has 2 nitrogen and oxygen atoms in total. The molecular formula is C13H8N2S3. The fourth-order valence-electron chi connectivity index (χ4n) is 1.41. The zero-order valence-electron chi connectivity index (χ0n) is 9.51. The highest BCUT2D eigenvalue weighted by Gasteiger charge is 2.18. The Hall–Kier alpha value is -1.40. The normalized spacial score (nSPS) is 9.72. The third kappa shape index (κ3) is 2.54. The highest BCUT2D eigenvalue weighted by atomic mass is 32.2.